The van der Waals surface area contributed by atoms with E-state index in [1.807, 2.05) is 24.3 Å². The number of benzene rings is 1. The molecule has 0 heterocycles. The van der Waals surface area contributed by atoms with Crippen LogP contribution >= 0.6 is 0 Å². The second-order valence-corrected chi connectivity index (χ2v) is 6.62. The third-order valence-electron chi connectivity index (χ3n) is 4.03. The summed E-state index contributed by atoms with van der Waals surface area (Å²) in [7, 11) is 3.41. The highest BCUT2D eigenvalue weighted by Crippen LogP contribution is 2.14. The Labute approximate surface area is 157 Å². The lowest BCUT2D eigenvalue weighted by Crippen LogP contribution is -2.32. The molecule has 0 unspecified atom stereocenters. The summed E-state index contributed by atoms with van der Waals surface area (Å²) in [6.07, 6.45) is 7.54. The van der Waals surface area contributed by atoms with Crippen molar-refractivity contribution in [3.05, 3.63) is 29.8 Å². The number of unbranched alkanes of at least 4 members (excludes halogenated alkanes) is 5. The van der Waals surface area contributed by atoms with E-state index in [2.05, 4.69) is 17.2 Å². The van der Waals surface area contributed by atoms with Gasteiger partial charge in [0.2, 0.25) is 0 Å². The van der Waals surface area contributed by atoms with Crippen molar-refractivity contribution in [2.45, 2.75) is 52.0 Å². The first-order chi connectivity index (χ1) is 12.5. The molecule has 26 heavy (non-hydrogen) atoms. The predicted molar refractivity (Wildman–Crippen MR) is 107 cm³/mol. The van der Waals surface area contributed by atoms with Gasteiger partial charge in [-0.3, -0.25) is 4.79 Å². The molecule has 0 radical (unpaired) electrons. The molecule has 0 saturated carbocycles. The Kier molecular flexibility index (Phi) is 10.9. The lowest BCUT2D eigenvalue weighted by molar-refractivity contribution is -0.130. The zero-order chi connectivity index (χ0) is 19.2. The van der Waals surface area contributed by atoms with Crippen molar-refractivity contribution in [3.8, 4) is 5.75 Å². The van der Waals surface area contributed by atoms with Crippen molar-refractivity contribution in [1.29, 1.82) is 0 Å². The third kappa shape index (κ3) is 9.91. The van der Waals surface area contributed by atoms with E-state index < -0.39 is 0 Å². The number of aliphatic imine (C=N–C) groups is 1. The Morgan fingerprint density at radius 2 is 1.92 bits per heavy atom. The van der Waals surface area contributed by atoms with Crippen LogP contribution in [0.5, 0.6) is 5.75 Å². The molecule has 0 atom stereocenters. The summed E-state index contributed by atoms with van der Waals surface area (Å²) in [6, 6.07) is 7.56. The van der Waals surface area contributed by atoms with E-state index in [1.165, 1.54) is 37.0 Å². The number of likely N-dealkylation sites (N-methyl/N-ethyl adjacent to an activating group) is 1. The quantitative estimate of drug-likeness (QED) is 0.340. The molecule has 1 aromatic carbocycles. The number of nitrogens with zero attached hydrogens (tertiary/aromatic N) is 2. The molecule has 1 rings (SSSR count). The number of hydrogen-bond donors (Lipinski definition) is 2. The lowest BCUT2D eigenvalue weighted by Gasteiger charge is -2.11. The number of carbonyl (C=O) groups is 1. The van der Waals surface area contributed by atoms with Gasteiger partial charge in [-0.15, -0.1) is 0 Å². The summed E-state index contributed by atoms with van der Waals surface area (Å²) in [5, 5.41) is 3.16. The molecule has 0 saturated heterocycles. The molecule has 0 fully saturated rings. The number of hydrogen-bond acceptors (Lipinski definition) is 3. The van der Waals surface area contributed by atoms with Crippen LogP contribution in [-0.2, 0) is 11.3 Å². The van der Waals surface area contributed by atoms with Crippen LogP contribution < -0.4 is 15.8 Å². The highest BCUT2D eigenvalue weighted by atomic mass is 16.5. The van der Waals surface area contributed by atoms with Crippen molar-refractivity contribution < 1.29 is 9.53 Å². The average Bonchev–Trinajstić information content (AvgIpc) is 2.64. The maximum absolute atomic E-state index is 11.6. The number of guanidine groups is 1. The number of ether oxygens (including phenoxy) is 1. The Morgan fingerprint density at radius 3 is 2.65 bits per heavy atom. The van der Waals surface area contributed by atoms with Crippen LogP contribution in [0, 0.1) is 0 Å². The van der Waals surface area contributed by atoms with E-state index in [0.717, 1.165) is 18.5 Å². The SMILES string of the molecule is CCCCCCCCNC(N)=NCc1cccc(OCC(=O)N(C)C)c1. The fourth-order valence-electron chi connectivity index (χ4n) is 2.36. The Morgan fingerprint density at radius 1 is 1.19 bits per heavy atom. The topological polar surface area (TPSA) is 80.0 Å². The van der Waals surface area contributed by atoms with E-state index in [-0.39, 0.29) is 12.5 Å². The highest BCUT2D eigenvalue weighted by molar-refractivity contribution is 5.78. The molecule has 0 aliphatic carbocycles. The van der Waals surface area contributed by atoms with E-state index in [9.17, 15) is 4.79 Å². The second kappa shape index (κ2) is 13.0. The maximum Gasteiger partial charge on any atom is 0.259 e. The third-order valence-corrected chi connectivity index (χ3v) is 4.03. The summed E-state index contributed by atoms with van der Waals surface area (Å²) in [4.78, 5) is 17.4. The Balaban J connectivity index is 2.31. The Hall–Kier alpha value is -2.24. The van der Waals surface area contributed by atoms with Crippen molar-refractivity contribution in [1.82, 2.24) is 10.2 Å². The average molecular weight is 363 g/mol. The van der Waals surface area contributed by atoms with Gasteiger partial charge >= 0.3 is 0 Å². The van der Waals surface area contributed by atoms with Crippen molar-refractivity contribution in [2.24, 2.45) is 10.7 Å². The first-order valence-corrected chi connectivity index (χ1v) is 9.48. The van der Waals surface area contributed by atoms with Crippen molar-refractivity contribution in [2.75, 3.05) is 27.2 Å². The van der Waals surface area contributed by atoms with E-state index in [4.69, 9.17) is 10.5 Å². The summed E-state index contributed by atoms with van der Waals surface area (Å²) in [5.41, 5.74) is 6.90. The number of rotatable bonds is 12. The number of nitrogens with two attached hydrogens (primary N) is 1. The molecule has 6 nitrogen and oxygen atoms in total. The van der Waals surface area contributed by atoms with Crippen LogP contribution in [0.1, 0.15) is 51.0 Å². The zero-order valence-electron chi connectivity index (χ0n) is 16.5. The predicted octanol–water partition coefficient (Wildman–Crippen LogP) is 2.92. The van der Waals surface area contributed by atoms with Crippen LogP contribution in [0.2, 0.25) is 0 Å². The number of nitrogens with one attached hydrogen (secondary N) is 1. The molecule has 1 amide bonds. The fraction of sp³-hybridized carbons (Fsp3) is 0.600. The number of amides is 1. The van der Waals surface area contributed by atoms with Gasteiger partial charge in [0.05, 0.1) is 6.54 Å². The van der Waals surface area contributed by atoms with Gasteiger partial charge in [0.25, 0.3) is 5.91 Å². The van der Waals surface area contributed by atoms with Crippen molar-refractivity contribution in [3.63, 3.8) is 0 Å². The van der Waals surface area contributed by atoms with Gasteiger partial charge in [-0.1, -0.05) is 51.2 Å². The highest BCUT2D eigenvalue weighted by Gasteiger charge is 2.05. The van der Waals surface area contributed by atoms with E-state index >= 15 is 0 Å². The first-order valence-electron chi connectivity index (χ1n) is 9.48. The standard InChI is InChI=1S/C20H34N4O2/c1-4-5-6-7-8-9-13-22-20(21)23-15-17-11-10-12-18(14-17)26-16-19(25)24(2)3/h10-12,14H,4-9,13,15-16H2,1-3H3,(H3,21,22,23). The first kappa shape index (κ1) is 21.8. The largest absolute Gasteiger partial charge is 0.484 e. The summed E-state index contributed by atoms with van der Waals surface area (Å²) >= 11 is 0. The second-order valence-electron chi connectivity index (χ2n) is 6.62. The van der Waals surface area contributed by atoms with Crippen LogP contribution in [0.15, 0.2) is 29.3 Å². The van der Waals surface area contributed by atoms with E-state index in [0.29, 0.717) is 18.3 Å². The minimum atomic E-state index is -0.0726. The molecule has 146 valence electrons. The molecular weight excluding hydrogens is 328 g/mol. The normalized spacial score (nSPS) is 11.3. The van der Waals surface area contributed by atoms with Gasteiger partial charge in [-0.25, -0.2) is 4.99 Å². The molecule has 1 aromatic rings. The van der Waals surface area contributed by atoms with Crippen LogP contribution in [-0.4, -0.2) is 44.0 Å². The molecule has 3 N–H and O–H groups in total. The molecular formula is C20H34N4O2. The van der Waals surface area contributed by atoms with Crippen LogP contribution in [0.3, 0.4) is 0 Å². The smallest absolute Gasteiger partial charge is 0.259 e. The molecule has 0 aliphatic heterocycles. The molecule has 0 spiro atoms. The minimum Gasteiger partial charge on any atom is -0.484 e. The van der Waals surface area contributed by atoms with Gasteiger partial charge in [-0.2, -0.15) is 0 Å². The summed E-state index contributed by atoms with van der Waals surface area (Å²) in [6.45, 7) is 3.59. The molecule has 0 aromatic heterocycles. The fourth-order valence-corrected chi connectivity index (χ4v) is 2.36. The summed E-state index contributed by atoms with van der Waals surface area (Å²) in [5.74, 6) is 1.05. The van der Waals surface area contributed by atoms with Gasteiger partial charge in [-0.05, 0) is 24.1 Å². The van der Waals surface area contributed by atoms with Crippen molar-refractivity contribution >= 4 is 11.9 Å². The van der Waals surface area contributed by atoms with Gasteiger partial charge in [0.15, 0.2) is 12.6 Å². The van der Waals surface area contributed by atoms with Crippen LogP contribution in [0.4, 0.5) is 0 Å². The maximum atomic E-state index is 11.6. The van der Waals surface area contributed by atoms with E-state index in [1.54, 1.807) is 14.1 Å². The van der Waals surface area contributed by atoms with Gasteiger partial charge in [0, 0.05) is 20.6 Å². The van der Waals surface area contributed by atoms with Crippen LogP contribution in [0.25, 0.3) is 0 Å². The zero-order valence-corrected chi connectivity index (χ0v) is 16.5. The lowest BCUT2D eigenvalue weighted by atomic mass is 10.1. The minimum absolute atomic E-state index is 0.0294. The monoisotopic (exact) mass is 362 g/mol. The van der Waals surface area contributed by atoms with Gasteiger partial charge < -0.3 is 20.7 Å². The number of carbonyl (C=O) groups excluding carboxylic acids is 1. The molecule has 0 bridgehead atoms. The molecule has 6 heteroatoms. The van der Waals surface area contributed by atoms with Gasteiger partial charge in [0.1, 0.15) is 5.75 Å². The summed E-state index contributed by atoms with van der Waals surface area (Å²) < 4.78 is 5.51. The molecule has 0 aliphatic rings. The Bertz CT molecular complexity index is 558.